The van der Waals surface area contributed by atoms with Crippen molar-refractivity contribution in [3.05, 3.63) is 21.9 Å². The van der Waals surface area contributed by atoms with Gasteiger partial charge in [0.05, 0.1) is 10.6 Å². The first-order valence-electron chi connectivity index (χ1n) is 3.58. The predicted molar refractivity (Wildman–Crippen MR) is 46.2 cm³/mol. The first-order valence-corrected chi connectivity index (χ1v) is 4.46. The lowest BCUT2D eigenvalue weighted by molar-refractivity contribution is 0.213. The van der Waals surface area contributed by atoms with Crippen LogP contribution in [0.2, 0.25) is 0 Å². The molecule has 0 saturated heterocycles. The lowest BCUT2D eigenvalue weighted by atomic mass is 10.3. The Kier molecular flexibility index (Phi) is 1.66. The molecule has 1 aromatic rings. The van der Waals surface area contributed by atoms with E-state index in [-0.39, 0.29) is 0 Å². The summed E-state index contributed by atoms with van der Waals surface area (Å²) in [6, 6.07) is 2.16. The van der Waals surface area contributed by atoms with Gasteiger partial charge in [-0.05, 0) is 29.9 Å². The van der Waals surface area contributed by atoms with Crippen molar-refractivity contribution in [2.75, 3.05) is 7.11 Å². The standard InChI is InChI=1S/C8H9NOS/c1-10-9-7-3-2-6-4-5-11-8(6)7/h4-5H,2-3H2,1H3/b9-7-. The Morgan fingerprint density at radius 2 is 2.45 bits per heavy atom. The van der Waals surface area contributed by atoms with Crippen LogP contribution in [0.3, 0.4) is 0 Å². The first kappa shape index (κ1) is 6.85. The van der Waals surface area contributed by atoms with Crippen molar-refractivity contribution in [3.8, 4) is 0 Å². The smallest absolute Gasteiger partial charge is 0.106 e. The molecule has 58 valence electrons. The molecule has 0 atom stereocenters. The molecule has 0 amide bonds. The maximum Gasteiger partial charge on any atom is 0.106 e. The highest BCUT2D eigenvalue weighted by Crippen LogP contribution is 2.27. The topological polar surface area (TPSA) is 21.6 Å². The number of aryl methyl sites for hydroxylation is 1. The number of thiophene rings is 1. The molecule has 0 saturated carbocycles. The second-order valence-corrected chi connectivity index (χ2v) is 3.41. The molecule has 2 nitrogen and oxygen atoms in total. The third-order valence-corrected chi connectivity index (χ3v) is 2.85. The molecular formula is C8H9NOS. The maximum absolute atomic E-state index is 4.75. The van der Waals surface area contributed by atoms with Gasteiger partial charge in [-0.2, -0.15) is 0 Å². The zero-order valence-electron chi connectivity index (χ0n) is 6.33. The van der Waals surface area contributed by atoms with Crippen LogP contribution in [0.25, 0.3) is 0 Å². The molecule has 1 aliphatic carbocycles. The van der Waals surface area contributed by atoms with Crippen LogP contribution in [0.4, 0.5) is 0 Å². The number of fused-ring (bicyclic) bond motifs is 1. The fourth-order valence-electron chi connectivity index (χ4n) is 1.35. The highest BCUT2D eigenvalue weighted by molar-refractivity contribution is 7.12. The van der Waals surface area contributed by atoms with Crippen LogP contribution in [0.5, 0.6) is 0 Å². The van der Waals surface area contributed by atoms with Gasteiger partial charge in [-0.3, -0.25) is 0 Å². The second-order valence-electron chi connectivity index (χ2n) is 2.50. The maximum atomic E-state index is 4.75. The summed E-state index contributed by atoms with van der Waals surface area (Å²) in [4.78, 5) is 6.06. The van der Waals surface area contributed by atoms with Gasteiger partial charge in [0, 0.05) is 0 Å². The molecule has 0 aliphatic heterocycles. The lowest BCUT2D eigenvalue weighted by Crippen LogP contribution is -1.91. The van der Waals surface area contributed by atoms with Crippen molar-refractivity contribution >= 4 is 17.0 Å². The number of nitrogens with zero attached hydrogens (tertiary/aromatic N) is 1. The molecule has 2 rings (SSSR count). The second kappa shape index (κ2) is 2.66. The summed E-state index contributed by atoms with van der Waals surface area (Å²) in [5, 5.41) is 6.07. The van der Waals surface area contributed by atoms with Crippen molar-refractivity contribution < 1.29 is 4.84 Å². The van der Waals surface area contributed by atoms with Gasteiger partial charge >= 0.3 is 0 Å². The van der Waals surface area contributed by atoms with Gasteiger partial charge in [0.2, 0.25) is 0 Å². The van der Waals surface area contributed by atoms with Crippen molar-refractivity contribution in [1.29, 1.82) is 0 Å². The van der Waals surface area contributed by atoms with Crippen LogP contribution in [-0.2, 0) is 11.3 Å². The lowest BCUT2D eigenvalue weighted by Gasteiger charge is -1.92. The van der Waals surface area contributed by atoms with E-state index in [4.69, 9.17) is 4.84 Å². The fraction of sp³-hybridized carbons (Fsp3) is 0.375. The summed E-state index contributed by atoms with van der Waals surface area (Å²) in [5.41, 5.74) is 2.53. The third-order valence-electron chi connectivity index (χ3n) is 1.84. The molecule has 0 bridgehead atoms. The van der Waals surface area contributed by atoms with Crippen LogP contribution in [0, 0.1) is 0 Å². The summed E-state index contributed by atoms with van der Waals surface area (Å²) >= 11 is 1.75. The molecule has 0 radical (unpaired) electrons. The molecule has 1 aliphatic rings. The van der Waals surface area contributed by atoms with Crippen LogP contribution in [-0.4, -0.2) is 12.8 Å². The molecule has 0 N–H and O–H groups in total. The Hall–Kier alpha value is -0.830. The monoisotopic (exact) mass is 167 g/mol. The van der Waals surface area contributed by atoms with Crippen molar-refractivity contribution in [2.24, 2.45) is 5.16 Å². The quantitative estimate of drug-likeness (QED) is 0.586. The Balaban J connectivity index is 2.38. The third kappa shape index (κ3) is 1.05. The van der Waals surface area contributed by atoms with Gasteiger partial charge in [0.1, 0.15) is 7.11 Å². The minimum Gasteiger partial charge on any atom is -0.399 e. The van der Waals surface area contributed by atoms with Crippen molar-refractivity contribution in [2.45, 2.75) is 12.8 Å². The van der Waals surface area contributed by atoms with E-state index in [0.29, 0.717) is 0 Å². The summed E-state index contributed by atoms with van der Waals surface area (Å²) in [6.45, 7) is 0. The van der Waals surface area contributed by atoms with Crippen LogP contribution in [0.15, 0.2) is 16.6 Å². The number of rotatable bonds is 1. The van der Waals surface area contributed by atoms with E-state index >= 15 is 0 Å². The van der Waals surface area contributed by atoms with Gasteiger partial charge in [-0.1, -0.05) is 5.16 Å². The Labute approximate surface area is 69.5 Å². The number of hydrogen-bond donors (Lipinski definition) is 0. The normalized spacial score (nSPS) is 18.8. The highest BCUT2D eigenvalue weighted by atomic mass is 32.1. The van der Waals surface area contributed by atoms with Crippen molar-refractivity contribution in [1.82, 2.24) is 0 Å². The molecule has 0 fully saturated rings. The highest BCUT2D eigenvalue weighted by Gasteiger charge is 2.18. The molecule has 11 heavy (non-hydrogen) atoms. The Morgan fingerprint density at radius 1 is 1.55 bits per heavy atom. The average Bonchev–Trinajstić information content (AvgIpc) is 2.53. The molecule has 1 heterocycles. The van der Waals surface area contributed by atoms with Crippen molar-refractivity contribution in [3.63, 3.8) is 0 Å². The zero-order chi connectivity index (χ0) is 7.68. The van der Waals surface area contributed by atoms with Crippen LogP contribution >= 0.6 is 11.3 Å². The van der Waals surface area contributed by atoms with Gasteiger partial charge in [-0.15, -0.1) is 11.3 Å². The Morgan fingerprint density at radius 3 is 3.27 bits per heavy atom. The van der Waals surface area contributed by atoms with Gasteiger partial charge in [0.15, 0.2) is 0 Å². The minimum absolute atomic E-state index is 1.04. The van der Waals surface area contributed by atoms with E-state index in [1.807, 2.05) is 0 Å². The molecule has 0 spiro atoms. The molecule has 0 aromatic carbocycles. The van der Waals surface area contributed by atoms with Gasteiger partial charge < -0.3 is 4.84 Å². The van der Waals surface area contributed by atoms with E-state index in [1.165, 1.54) is 10.4 Å². The van der Waals surface area contributed by atoms with E-state index in [1.54, 1.807) is 18.4 Å². The van der Waals surface area contributed by atoms with Gasteiger partial charge in [-0.25, -0.2) is 0 Å². The van der Waals surface area contributed by atoms with Crippen LogP contribution in [0.1, 0.15) is 16.9 Å². The average molecular weight is 167 g/mol. The molecule has 1 aromatic heterocycles. The molecule has 3 heteroatoms. The SMILES string of the molecule is CO/N=C1/CCc2ccsc21. The van der Waals surface area contributed by atoms with Crippen LogP contribution < -0.4 is 0 Å². The minimum atomic E-state index is 1.04. The number of oxime groups is 1. The fourth-order valence-corrected chi connectivity index (χ4v) is 2.31. The van der Waals surface area contributed by atoms with E-state index in [0.717, 1.165) is 18.6 Å². The summed E-state index contributed by atoms with van der Waals surface area (Å²) in [7, 11) is 1.60. The van der Waals surface area contributed by atoms with E-state index in [2.05, 4.69) is 16.6 Å². The van der Waals surface area contributed by atoms with Gasteiger partial charge in [0.25, 0.3) is 0 Å². The van der Waals surface area contributed by atoms with E-state index < -0.39 is 0 Å². The molecule has 0 unspecified atom stereocenters. The Bertz CT molecular complexity index is 290. The number of hydrogen-bond acceptors (Lipinski definition) is 3. The zero-order valence-corrected chi connectivity index (χ0v) is 7.15. The molecular weight excluding hydrogens is 158 g/mol. The summed E-state index contributed by atoms with van der Waals surface area (Å²) < 4.78 is 0. The largest absolute Gasteiger partial charge is 0.399 e. The van der Waals surface area contributed by atoms with E-state index in [9.17, 15) is 0 Å². The predicted octanol–water partition coefficient (Wildman–Crippen LogP) is 2.04. The first-order chi connectivity index (χ1) is 5.42. The summed E-state index contributed by atoms with van der Waals surface area (Å²) in [5.74, 6) is 0. The summed E-state index contributed by atoms with van der Waals surface area (Å²) in [6.07, 6.45) is 2.16.